The predicted molar refractivity (Wildman–Crippen MR) is 94.8 cm³/mol. The summed E-state index contributed by atoms with van der Waals surface area (Å²) in [7, 11) is 0. The minimum absolute atomic E-state index is 0.123. The van der Waals surface area contributed by atoms with E-state index in [1.807, 2.05) is 35.2 Å². The number of likely N-dealkylation sites (tertiary alicyclic amines) is 1. The summed E-state index contributed by atoms with van der Waals surface area (Å²) >= 11 is 6.10. The number of carbonyl (C=O) groups is 1. The lowest BCUT2D eigenvalue weighted by Gasteiger charge is -2.18. The molecular weight excluding hydrogens is 326 g/mol. The maximum Gasteiger partial charge on any atom is 0.222 e. The molecule has 24 heavy (non-hydrogen) atoms. The third-order valence-electron chi connectivity index (χ3n) is 4.17. The molecule has 0 aliphatic carbocycles. The van der Waals surface area contributed by atoms with Gasteiger partial charge in [0.05, 0.1) is 0 Å². The number of carbonyl (C=O) groups excluding carboxylic acids is 1. The third-order valence-corrected chi connectivity index (χ3v) is 4.54. The summed E-state index contributed by atoms with van der Waals surface area (Å²) in [6.07, 6.45) is 3.53. The van der Waals surface area contributed by atoms with Gasteiger partial charge in [-0.3, -0.25) is 4.79 Å². The van der Waals surface area contributed by atoms with E-state index in [0.29, 0.717) is 23.8 Å². The number of nitrogen functional groups attached to an aromatic ring is 1. The minimum Gasteiger partial charge on any atom is -0.382 e. The average molecular weight is 346 g/mol. The SMILES string of the molecule is Nc1ncnc(N[C@@H]2CCN(C(=O)CCc3ccccc3)C2)c1Cl. The maximum atomic E-state index is 12.4. The summed E-state index contributed by atoms with van der Waals surface area (Å²) in [6, 6.07) is 10.2. The number of nitrogens with zero attached hydrogens (tertiary/aromatic N) is 3. The lowest BCUT2D eigenvalue weighted by molar-refractivity contribution is -0.130. The third kappa shape index (κ3) is 3.94. The molecule has 0 bridgehead atoms. The van der Waals surface area contributed by atoms with Gasteiger partial charge in [-0.2, -0.15) is 0 Å². The van der Waals surface area contributed by atoms with Crippen molar-refractivity contribution in [2.24, 2.45) is 0 Å². The number of aromatic nitrogens is 2. The molecule has 1 aliphatic heterocycles. The van der Waals surface area contributed by atoms with Gasteiger partial charge in [-0.15, -0.1) is 0 Å². The van der Waals surface area contributed by atoms with E-state index in [0.717, 1.165) is 19.4 Å². The standard InChI is InChI=1S/C17H20ClN5O/c18-15-16(19)20-11-21-17(15)22-13-8-9-23(10-13)14(24)7-6-12-4-2-1-3-5-12/h1-5,11,13H,6-10H2,(H3,19,20,21,22)/t13-/m1/s1. The molecule has 6 nitrogen and oxygen atoms in total. The molecule has 1 saturated heterocycles. The fourth-order valence-electron chi connectivity index (χ4n) is 2.84. The zero-order chi connectivity index (χ0) is 16.9. The van der Waals surface area contributed by atoms with Gasteiger partial charge in [0.25, 0.3) is 0 Å². The van der Waals surface area contributed by atoms with E-state index in [2.05, 4.69) is 15.3 Å². The highest BCUT2D eigenvalue weighted by Gasteiger charge is 2.26. The highest BCUT2D eigenvalue weighted by Crippen LogP contribution is 2.25. The van der Waals surface area contributed by atoms with Gasteiger partial charge in [-0.25, -0.2) is 9.97 Å². The van der Waals surface area contributed by atoms with E-state index in [9.17, 15) is 4.79 Å². The van der Waals surface area contributed by atoms with Crippen LogP contribution in [0.3, 0.4) is 0 Å². The van der Waals surface area contributed by atoms with Crippen LogP contribution in [0.4, 0.5) is 11.6 Å². The summed E-state index contributed by atoms with van der Waals surface area (Å²) < 4.78 is 0. The first-order chi connectivity index (χ1) is 11.6. The number of anilines is 2. The summed E-state index contributed by atoms with van der Waals surface area (Å²) in [5.41, 5.74) is 6.86. The van der Waals surface area contributed by atoms with Gasteiger partial charge in [0.2, 0.25) is 5.91 Å². The first-order valence-corrected chi connectivity index (χ1v) is 8.35. The Hall–Kier alpha value is -2.34. The van der Waals surface area contributed by atoms with Gasteiger partial charge in [-0.1, -0.05) is 41.9 Å². The van der Waals surface area contributed by atoms with Gasteiger partial charge < -0.3 is 16.0 Å². The Morgan fingerprint density at radius 2 is 2.12 bits per heavy atom. The molecule has 0 radical (unpaired) electrons. The van der Waals surface area contributed by atoms with Crippen molar-refractivity contribution in [2.75, 3.05) is 24.1 Å². The Kier molecular flexibility index (Phi) is 5.15. The Morgan fingerprint density at radius 3 is 2.92 bits per heavy atom. The number of rotatable bonds is 5. The molecule has 1 aromatic carbocycles. The first-order valence-electron chi connectivity index (χ1n) is 7.97. The Bertz CT molecular complexity index is 709. The van der Waals surface area contributed by atoms with Crippen molar-refractivity contribution < 1.29 is 4.79 Å². The van der Waals surface area contributed by atoms with Crippen LogP contribution in [0.1, 0.15) is 18.4 Å². The van der Waals surface area contributed by atoms with E-state index in [1.54, 1.807) is 0 Å². The minimum atomic E-state index is 0.123. The van der Waals surface area contributed by atoms with Crippen molar-refractivity contribution in [2.45, 2.75) is 25.3 Å². The van der Waals surface area contributed by atoms with Crippen LogP contribution in [0.2, 0.25) is 5.02 Å². The topological polar surface area (TPSA) is 84.1 Å². The summed E-state index contributed by atoms with van der Waals surface area (Å²) in [5.74, 6) is 0.951. The summed E-state index contributed by atoms with van der Waals surface area (Å²) in [4.78, 5) is 22.2. The number of halogens is 1. The largest absolute Gasteiger partial charge is 0.382 e. The van der Waals surface area contributed by atoms with Gasteiger partial charge in [0.15, 0.2) is 5.82 Å². The van der Waals surface area contributed by atoms with Crippen LogP contribution in [-0.4, -0.2) is 39.9 Å². The second kappa shape index (κ2) is 7.49. The molecule has 1 aliphatic rings. The lowest BCUT2D eigenvalue weighted by atomic mass is 10.1. The van der Waals surface area contributed by atoms with Crippen LogP contribution < -0.4 is 11.1 Å². The Morgan fingerprint density at radius 1 is 1.33 bits per heavy atom. The highest BCUT2D eigenvalue weighted by molar-refractivity contribution is 6.35. The smallest absolute Gasteiger partial charge is 0.222 e. The van der Waals surface area contributed by atoms with E-state index >= 15 is 0 Å². The maximum absolute atomic E-state index is 12.4. The number of hydrogen-bond donors (Lipinski definition) is 2. The van der Waals surface area contributed by atoms with E-state index in [1.165, 1.54) is 11.9 Å². The molecule has 1 fully saturated rings. The van der Waals surface area contributed by atoms with Crippen LogP contribution >= 0.6 is 11.6 Å². The average Bonchev–Trinajstić information content (AvgIpc) is 3.06. The number of benzene rings is 1. The molecule has 0 saturated carbocycles. The molecule has 1 atom stereocenters. The van der Waals surface area contributed by atoms with Crippen molar-refractivity contribution in [1.29, 1.82) is 0 Å². The molecule has 0 spiro atoms. The second-order valence-electron chi connectivity index (χ2n) is 5.88. The molecule has 3 rings (SSSR count). The zero-order valence-electron chi connectivity index (χ0n) is 13.3. The van der Waals surface area contributed by atoms with Crippen LogP contribution in [-0.2, 0) is 11.2 Å². The molecule has 3 N–H and O–H groups in total. The van der Waals surface area contributed by atoms with Gasteiger partial charge in [-0.05, 0) is 18.4 Å². The van der Waals surface area contributed by atoms with Crippen LogP contribution in [0, 0.1) is 0 Å². The van der Waals surface area contributed by atoms with Crippen LogP contribution in [0.15, 0.2) is 36.7 Å². The first kappa shape index (κ1) is 16.5. The van der Waals surface area contributed by atoms with Crippen molar-refractivity contribution in [1.82, 2.24) is 14.9 Å². The zero-order valence-corrected chi connectivity index (χ0v) is 14.0. The predicted octanol–water partition coefficient (Wildman–Crippen LogP) is 2.36. The van der Waals surface area contributed by atoms with Crippen LogP contribution in [0.5, 0.6) is 0 Å². The quantitative estimate of drug-likeness (QED) is 0.869. The van der Waals surface area contributed by atoms with Crippen LogP contribution in [0.25, 0.3) is 0 Å². The molecular formula is C17H20ClN5O. The fraction of sp³-hybridized carbons (Fsp3) is 0.353. The van der Waals surface area contributed by atoms with Crippen molar-refractivity contribution in [3.63, 3.8) is 0 Å². The normalized spacial score (nSPS) is 17.0. The molecule has 2 aromatic rings. The van der Waals surface area contributed by atoms with Crippen molar-refractivity contribution in [3.05, 3.63) is 47.2 Å². The highest BCUT2D eigenvalue weighted by atomic mass is 35.5. The number of aryl methyl sites for hydroxylation is 1. The van der Waals surface area contributed by atoms with Gasteiger partial charge in [0.1, 0.15) is 17.2 Å². The fourth-order valence-corrected chi connectivity index (χ4v) is 2.99. The lowest BCUT2D eigenvalue weighted by Crippen LogP contribution is -2.31. The van der Waals surface area contributed by atoms with E-state index < -0.39 is 0 Å². The molecule has 1 aromatic heterocycles. The number of nitrogens with one attached hydrogen (secondary N) is 1. The Labute approximate surface area is 146 Å². The molecule has 1 amide bonds. The van der Waals surface area contributed by atoms with Crippen molar-refractivity contribution >= 4 is 29.1 Å². The number of hydrogen-bond acceptors (Lipinski definition) is 5. The second-order valence-corrected chi connectivity index (χ2v) is 6.25. The molecule has 7 heteroatoms. The van der Waals surface area contributed by atoms with Gasteiger partial charge in [0, 0.05) is 25.6 Å². The van der Waals surface area contributed by atoms with E-state index in [-0.39, 0.29) is 17.8 Å². The molecule has 126 valence electrons. The molecule has 0 unspecified atom stereocenters. The number of nitrogens with two attached hydrogens (primary N) is 1. The summed E-state index contributed by atoms with van der Waals surface area (Å²) in [5, 5.41) is 3.58. The number of amides is 1. The summed E-state index contributed by atoms with van der Waals surface area (Å²) in [6.45, 7) is 1.39. The van der Waals surface area contributed by atoms with Gasteiger partial charge >= 0.3 is 0 Å². The Balaban J connectivity index is 1.51. The monoisotopic (exact) mass is 345 g/mol. The van der Waals surface area contributed by atoms with Crippen molar-refractivity contribution in [3.8, 4) is 0 Å². The molecule has 2 heterocycles. The van der Waals surface area contributed by atoms with E-state index in [4.69, 9.17) is 17.3 Å².